The third kappa shape index (κ3) is 2.27. The van der Waals surface area contributed by atoms with Crippen molar-refractivity contribution in [2.45, 2.75) is 11.8 Å². The van der Waals surface area contributed by atoms with Crippen LogP contribution in [0, 0.1) is 6.92 Å². The zero-order chi connectivity index (χ0) is 10.2. The Morgan fingerprint density at radius 2 is 1.92 bits per heavy atom. The molecule has 0 bridgehead atoms. The van der Waals surface area contributed by atoms with Gasteiger partial charge in [-0.15, -0.1) is 0 Å². The summed E-state index contributed by atoms with van der Waals surface area (Å²) in [6.45, 7) is 1.53. The molecule has 0 aromatic heterocycles. The molecule has 0 heterocycles. The van der Waals surface area contributed by atoms with Crippen LogP contribution in [0.5, 0.6) is 5.75 Å². The molecule has 0 fully saturated rings. The molecular formula is C7H6Cl2O3S. The first-order valence-electron chi connectivity index (χ1n) is 3.26. The number of hydrogen-bond acceptors (Lipinski definition) is 3. The first-order valence-corrected chi connectivity index (χ1v) is 5.95. The molecule has 0 spiro atoms. The Balaban J connectivity index is 3.47. The van der Waals surface area contributed by atoms with Gasteiger partial charge in [0.1, 0.15) is 5.75 Å². The second-order valence-corrected chi connectivity index (χ2v) is 5.48. The zero-order valence-corrected chi connectivity index (χ0v) is 8.91. The number of phenols is 1. The number of benzene rings is 1. The van der Waals surface area contributed by atoms with Crippen molar-refractivity contribution in [2.24, 2.45) is 0 Å². The maximum absolute atomic E-state index is 10.9. The molecule has 0 atom stereocenters. The molecule has 0 aliphatic carbocycles. The molecule has 0 aliphatic rings. The molecule has 0 saturated heterocycles. The van der Waals surface area contributed by atoms with Gasteiger partial charge >= 0.3 is 0 Å². The fourth-order valence-electron chi connectivity index (χ4n) is 0.846. The molecule has 0 amide bonds. The van der Waals surface area contributed by atoms with E-state index >= 15 is 0 Å². The van der Waals surface area contributed by atoms with Gasteiger partial charge in [0.25, 0.3) is 9.05 Å². The second-order valence-electron chi connectivity index (χ2n) is 2.51. The Hall–Kier alpha value is -0.450. The molecular weight excluding hydrogens is 235 g/mol. The summed E-state index contributed by atoms with van der Waals surface area (Å²) in [7, 11) is 1.30. The van der Waals surface area contributed by atoms with E-state index in [0.29, 0.717) is 5.56 Å². The fourth-order valence-corrected chi connectivity index (χ4v) is 2.02. The van der Waals surface area contributed by atoms with Crippen LogP contribution < -0.4 is 0 Å². The van der Waals surface area contributed by atoms with Crippen LogP contribution in [0.4, 0.5) is 0 Å². The van der Waals surface area contributed by atoms with Gasteiger partial charge in [0, 0.05) is 10.7 Å². The predicted octanol–water partition coefficient (Wildman–Crippen LogP) is 2.28. The van der Waals surface area contributed by atoms with Gasteiger partial charge in [-0.25, -0.2) is 8.42 Å². The highest BCUT2D eigenvalue weighted by molar-refractivity contribution is 8.13. The number of halogens is 2. The molecule has 72 valence electrons. The number of hydrogen-bond donors (Lipinski definition) is 1. The molecule has 0 unspecified atom stereocenters. The fraction of sp³-hybridized carbons (Fsp3) is 0.143. The Bertz CT molecular complexity index is 416. The number of rotatable bonds is 1. The molecule has 1 aromatic rings. The molecule has 0 radical (unpaired) electrons. The minimum absolute atomic E-state index is 0.0285. The van der Waals surface area contributed by atoms with Gasteiger partial charge in [-0.05, 0) is 24.6 Å². The summed E-state index contributed by atoms with van der Waals surface area (Å²) in [5.41, 5.74) is 0.367. The predicted molar refractivity (Wildman–Crippen MR) is 50.9 cm³/mol. The van der Waals surface area contributed by atoms with Crippen molar-refractivity contribution >= 4 is 31.3 Å². The highest BCUT2D eigenvalue weighted by Gasteiger charge is 2.14. The first-order chi connectivity index (χ1) is 5.82. The van der Waals surface area contributed by atoms with Gasteiger partial charge in [-0.2, -0.15) is 0 Å². The van der Waals surface area contributed by atoms with Gasteiger partial charge in [0.05, 0.1) is 9.92 Å². The van der Waals surface area contributed by atoms with E-state index in [1.165, 1.54) is 13.0 Å². The first kappa shape index (κ1) is 10.6. The van der Waals surface area contributed by atoms with E-state index in [0.717, 1.165) is 6.07 Å². The summed E-state index contributed by atoms with van der Waals surface area (Å²) in [6.07, 6.45) is 0. The summed E-state index contributed by atoms with van der Waals surface area (Å²) < 4.78 is 21.7. The van der Waals surface area contributed by atoms with Crippen LogP contribution in [-0.4, -0.2) is 13.5 Å². The van der Waals surface area contributed by atoms with Gasteiger partial charge in [0.2, 0.25) is 0 Å². The summed E-state index contributed by atoms with van der Waals surface area (Å²) in [4.78, 5) is -0.116. The van der Waals surface area contributed by atoms with E-state index < -0.39 is 9.05 Å². The van der Waals surface area contributed by atoms with Gasteiger partial charge < -0.3 is 5.11 Å². The van der Waals surface area contributed by atoms with Crippen molar-refractivity contribution in [3.63, 3.8) is 0 Å². The lowest BCUT2D eigenvalue weighted by Gasteiger charge is -2.03. The molecule has 1 N–H and O–H groups in total. The minimum Gasteiger partial charge on any atom is -0.506 e. The summed E-state index contributed by atoms with van der Waals surface area (Å²) >= 11 is 5.55. The number of aromatic hydroxyl groups is 1. The van der Waals surface area contributed by atoms with Gasteiger partial charge in [-0.3, -0.25) is 0 Å². The normalized spacial score (nSPS) is 11.6. The lowest BCUT2D eigenvalue weighted by atomic mass is 10.2. The Labute approximate surface area is 85.3 Å². The van der Waals surface area contributed by atoms with Crippen molar-refractivity contribution in [3.8, 4) is 5.75 Å². The monoisotopic (exact) mass is 240 g/mol. The topological polar surface area (TPSA) is 54.4 Å². The Morgan fingerprint density at radius 1 is 1.38 bits per heavy atom. The maximum Gasteiger partial charge on any atom is 0.261 e. The maximum atomic E-state index is 10.9. The average Bonchev–Trinajstić information content (AvgIpc) is 1.97. The van der Waals surface area contributed by atoms with Crippen molar-refractivity contribution in [3.05, 3.63) is 22.7 Å². The van der Waals surface area contributed by atoms with Crippen LogP contribution in [0.25, 0.3) is 0 Å². The Morgan fingerprint density at radius 3 is 2.31 bits per heavy atom. The standard InChI is InChI=1S/C7H6Cl2O3S/c1-4-2-5(13(9,11)12)3-6(8)7(4)10/h2-3,10H,1H3. The molecule has 13 heavy (non-hydrogen) atoms. The van der Waals surface area contributed by atoms with E-state index in [2.05, 4.69) is 0 Å². The van der Waals surface area contributed by atoms with Gasteiger partial charge in [-0.1, -0.05) is 11.6 Å². The largest absolute Gasteiger partial charge is 0.506 e. The Kier molecular flexibility index (Phi) is 2.75. The van der Waals surface area contributed by atoms with Crippen molar-refractivity contribution < 1.29 is 13.5 Å². The highest BCUT2D eigenvalue weighted by Crippen LogP contribution is 2.31. The van der Waals surface area contributed by atoms with Crippen LogP contribution >= 0.6 is 22.3 Å². The van der Waals surface area contributed by atoms with Crippen molar-refractivity contribution in [1.82, 2.24) is 0 Å². The van der Waals surface area contributed by atoms with Crippen LogP contribution in [0.1, 0.15) is 5.56 Å². The third-order valence-corrected chi connectivity index (χ3v) is 3.13. The van der Waals surface area contributed by atoms with Crippen LogP contribution in [0.15, 0.2) is 17.0 Å². The summed E-state index contributed by atoms with van der Waals surface area (Å²) in [5.74, 6) is -0.134. The molecule has 3 nitrogen and oxygen atoms in total. The van der Waals surface area contributed by atoms with Crippen molar-refractivity contribution in [2.75, 3.05) is 0 Å². The van der Waals surface area contributed by atoms with Crippen LogP contribution in [0.3, 0.4) is 0 Å². The van der Waals surface area contributed by atoms with Crippen molar-refractivity contribution in [1.29, 1.82) is 0 Å². The van der Waals surface area contributed by atoms with E-state index in [1.54, 1.807) is 0 Å². The number of phenolic OH excluding ortho intramolecular Hbond substituents is 1. The third-order valence-electron chi connectivity index (χ3n) is 1.51. The molecule has 0 aliphatic heterocycles. The smallest absolute Gasteiger partial charge is 0.261 e. The minimum atomic E-state index is -3.79. The van der Waals surface area contributed by atoms with Crippen LogP contribution in [-0.2, 0) is 9.05 Å². The average molecular weight is 241 g/mol. The van der Waals surface area contributed by atoms with Crippen LogP contribution in [0.2, 0.25) is 5.02 Å². The summed E-state index contributed by atoms with van der Waals surface area (Å²) in [6, 6.07) is 2.36. The van der Waals surface area contributed by atoms with Gasteiger partial charge in [0.15, 0.2) is 0 Å². The molecule has 6 heteroatoms. The van der Waals surface area contributed by atoms with E-state index in [9.17, 15) is 13.5 Å². The van der Waals surface area contributed by atoms with E-state index in [-0.39, 0.29) is 15.7 Å². The zero-order valence-electron chi connectivity index (χ0n) is 6.58. The quantitative estimate of drug-likeness (QED) is 0.767. The summed E-state index contributed by atoms with van der Waals surface area (Å²) in [5, 5.41) is 9.20. The number of aryl methyl sites for hydroxylation is 1. The second kappa shape index (κ2) is 3.36. The molecule has 1 aromatic carbocycles. The SMILES string of the molecule is Cc1cc(S(=O)(=O)Cl)cc(Cl)c1O. The van der Waals surface area contributed by atoms with E-state index in [1.807, 2.05) is 0 Å². The lowest BCUT2D eigenvalue weighted by Crippen LogP contribution is -1.91. The van der Waals surface area contributed by atoms with E-state index in [4.69, 9.17) is 22.3 Å². The lowest BCUT2D eigenvalue weighted by molar-refractivity contribution is 0.471. The molecule has 1 rings (SSSR count). The molecule has 0 saturated carbocycles. The highest BCUT2D eigenvalue weighted by atomic mass is 35.7.